The molecular formula is C29H34N2O5S. The Hall–Kier alpha value is -3.20. The molecule has 3 aromatic rings. The number of hydrogen-bond acceptors (Lipinski definition) is 6. The predicted octanol–water partition coefficient (Wildman–Crippen LogP) is 5.66. The first-order valence-corrected chi connectivity index (χ1v) is 13.7. The van der Waals surface area contributed by atoms with Crippen LogP contribution in [0, 0.1) is 0 Å². The molecule has 1 unspecified atom stereocenters. The fourth-order valence-electron chi connectivity index (χ4n) is 4.08. The van der Waals surface area contributed by atoms with Crippen molar-refractivity contribution in [3.05, 3.63) is 76.5 Å². The van der Waals surface area contributed by atoms with Crippen LogP contribution in [0.5, 0.6) is 5.75 Å². The number of hydroxylamine groups is 1. The number of hydrogen-bond donors (Lipinski definition) is 2. The molecule has 1 fully saturated rings. The quantitative estimate of drug-likeness (QED) is 0.172. The summed E-state index contributed by atoms with van der Waals surface area (Å²) in [6.07, 6.45) is 6.91. The number of carbonyl (C=O) groups excluding carboxylic acids is 2. The molecule has 1 aromatic heterocycles. The van der Waals surface area contributed by atoms with Crippen molar-refractivity contribution in [1.82, 2.24) is 10.8 Å². The largest absolute Gasteiger partial charge is 0.488 e. The summed E-state index contributed by atoms with van der Waals surface area (Å²) < 4.78 is 11.6. The average Bonchev–Trinajstić information content (AvgIpc) is 3.46. The van der Waals surface area contributed by atoms with Crippen molar-refractivity contribution in [3.8, 4) is 5.75 Å². The third-order valence-electron chi connectivity index (χ3n) is 6.12. The summed E-state index contributed by atoms with van der Waals surface area (Å²) in [7, 11) is 0. The van der Waals surface area contributed by atoms with E-state index in [1.807, 2.05) is 66.1 Å². The van der Waals surface area contributed by atoms with E-state index in [4.69, 9.17) is 14.3 Å². The molecule has 0 radical (unpaired) electrons. The Kier molecular flexibility index (Phi) is 10.5. The first kappa shape index (κ1) is 26.9. The Morgan fingerprint density at radius 1 is 1.05 bits per heavy atom. The van der Waals surface area contributed by atoms with Crippen LogP contribution in [-0.2, 0) is 25.7 Å². The molecule has 1 aliphatic heterocycles. The fraction of sp³-hybridized carbons (Fsp3) is 0.379. The second-order valence-corrected chi connectivity index (χ2v) is 9.97. The lowest BCUT2D eigenvalue weighted by molar-refractivity contribution is -0.200. The number of amides is 2. The van der Waals surface area contributed by atoms with Gasteiger partial charge in [0.05, 0.1) is 12.1 Å². The molecule has 0 saturated carbocycles. The smallest absolute Gasteiger partial charge is 0.250 e. The van der Waals surface area contributed by atoms with Crippen LogP contribution in [0.1, 0.15) is 49.8 Å². The number of nitrogens with one attached hydrogen (secondary N) is 2. The van der Waals surface area contributed by atoms with Gasteiger partial charge in [-0.25, -0.2) is 10.3 Å². The Labute approximate surface area is 221 Å². The summed E-state index contributed by atoms with van der Waals surface area (Å²) in [6.45, 7) is 1.31. The molecular weight excluding hydrogens is 488 g/mol. The zero-order valence-corrected chi connectivity index (χ0v) is 21.8. The van der Waals surface area contributed by atoms with Crippen LogP contribution in [0.25, 0.3) is 10.8 Å². The zero-order valence-electron chi connectivity index (χ0n) is 20.9. The van der Waals surface area contributed by atoms with Gasteiger partial charge in [0.2, 0.25) is 5.91 Å². The van der Waals surface area contributed by atoms with Crippen molar-refractivity contribution >= 4 is 33.9 Å². The first-order valence-electron chi connectivity index (χ1n) is 12.9. The number of ether oxygens (including phenoxy) is 2. The van der Waals surface area contributed by atoms with Crippen molar-refractivity contribution in [2.75, 3.05) is 13.2 Å². The molecule has 196 valence electrons. The van der Waals surface area contributed by atoms with Gasteiger partial charge < -0.3 is 14.8 Å². The molecule has 2 aromatic carbocycles. The van der Waals surface area contributed by atoms with E-state index in [-0.39, 0.29) is 24.7 Å². The van der Waals surface area contributed by atoms with Gasteiger partial charge in [0, 0.05) is 29.7 Å². The van der Waals surface area contributed by atoms with Gasteiger partial charge in [-0.3, -0.25) is 9.59 Å². The number of thiophene rings is 1. The monoisotopic (exact) mass is 522 g/mol. The van der Waals surface area contributed by atoms with Crippen molar-refractivity contribution < 1.29 is 23.9 Å². The van der Waals surface area contributed by atoms with Crippen molar-refractivity contribution in [2.45, 2.75) is 57.8 Å². The van der Waals surface area contributed by atoms with Crippen LogP contribution in [0.2, 0.25) is 0 Å². The number of benzene rings is 2. The van der Waals surface area contributed by atoms with Crippen LogP contribution in [0.15, 0.2) is 71.6 Å². The minimum absolute atomic E-state index is 0.146. The number of unbranched alkanes of at least 4 members (excludes halogenated alkanes) is 2. The number of allylic oxidation sites excluding steroid dienone is 1. The first-order chi connectivity index (χ1) is 18.2. The maximum atomic E-state index is 13.0. The second-order valence-electron chi connectivity index (χ2n) is 8.94. The minimum atomic E-state index is -0.349. The topological polar surface area (TPSA) is 85.9 Å². The van der Waals surface area contributed by atoms with Gasteiger partial charge in [-0.15, -0.1) is 11.3 Å². The summed E-state index contributed by atoms with van der Waals surface area (Å²) in [5.41, 5.74) is 3.07. The third kappa shape index (κ3) is 8.70. The van der Waals surface area contributed by atoms with Crippen LogP contribution < -0.4 is 15.5 Å². The zero-order chi connectivity index (χ0) is 25.7. The maximum Gasteiger partial charge on any atom is 0.250 e. The number of fused-ring (bicyclic) bond motifs is 1. The SMILES string of the molecule is O=C(CCCC/C=C(\COc1cccc2ccccc12)C(=O)NCc1cccs1)NOC1CCCCO1. The molecule has 0 bridgehead atoms. The Morgan fingerprint density at radius 3 is 2.78 bits per heavy atom. The van der Waals surface area contributed by atoms with E-state index in [1.165, 1.54) is 0 Å². The second kappa shape index (κ2) is 14.5. The molecule has 2 N–H and O–H groups in total. The van der Waals surface area contributed by atoms with E-state index >= 15 is 0 Å². The lowest BCUT2D eigenvalue weighted by Crippen LogP contribution is -2.32. The summed E-state index contributed by atoms with van der Waals surface area (Å²) in [5.74, 6) is 0.437. The van der Waals surface area contributed by atoms with Crippen LogP contribution in [0.4, 0.5) is 0 Å². The fourth-order valence-corrected chi connectivity index (χ4v) is 4.73. The van der Waals surface area contributed by atoms with Crippen LogP contribution >= 0.6 is 11.3 Å². The van der Waals surface area contributed by atoms with Crippen molar-refractivity contribution in [3.63, 3.8) is 0 Å². The molecule has 2 heterocycles. The Balaban J connectivity index is 1.28. The highest BCUT2D eigenvalue weighted by Crippen LogP contribution is 2.25. The van der Waals surface area contributed by atoms with E-state index < -0.39 is 0 Å². The Bertz CT molecular complexity index is 1170. The number of carbonyl (C=O) groups is 2. The summed E-state index contributed by atoms with van der Waals surface area (Å²) >= 11 is 1.61. The van der Waals surface area contributed by atoms with Gasteiger partial charge >= 0.3 is 0 Å². The summed E-state index contributed by atoms with van der Waals surface area (Å²) in [6, 6.07) is 17.9. The summed E-state index contributed by atoms with van der Waals surface area (Å²) in [4.78, 5) is 31.5. The Morgan fingerprint density at radius 2 is 1.95 bits per heavy atom. The van der Waals surface area contributed by atoms with E-state index in [9.17, 15) is 9.59 Å². The normalized spacial score (nSPS) is 15.9. The molecule has 37 heavy (non-hydrogen) atoms. The van der Waals surface area contributed by atoms with Crippen LogP contribution in [0.3, 0.4) is 0 Å². The van der Waals surface area contributed by atoms with E-state index in [2.05, 4.69) is 10.8 Å². The molecule has 1 atom stereocenters. The molecule has 0 spiro atoms. The lowest BCUT2D eigenvalue weighted by atomic mass is 10.1. The summed E-state index contributed by atoms with van der Waals surface area (Å²) in [5, 5.41) is 7.08. The maximum absolute atomic E-state index is 13.0. The van der Waals surface area contributed by atoms with Gasteiger partial charge in [0.1, 0.15) is 12.4 Å². The minimum Gasteiger partial charge on any atom is -0.488 e. The average molecular weight is 523 g/mol. The van der Waals surface area contributed by atoms with E-state index in [0.29, 0.717) is 38.0 Å². The van der Waals surface area contributed by atoms with Crippen LogP contribution in [-0.4, -0.2) is 31.3 Å². The molecule has 2 amide bonds. The van der Waals surface area contributed by atoms with Crippen molar-refractivity contribution in [1.29, 1.82) is 0 Å². The number of rotatable bonds is 13. The highest BCUT2D eigenvalue weighted by molar-refractivity contribution is 7.09. The molecule has 1 aliphatic rings. The van der Waals surface area contributed by atoms with Crippen molar-refractivity contribution in [2.24, 2.45) is 0 Å². The molecule has 7 nitrogen and oxygen atoms in total. The third-order valence-corrected chi connectivity index (χ3v) is 6.99. The van der Waals surface area contributed by atoms with Gasteiger partial charge in [0.15, 0.2) is 6.29 Å². The molecule has 8 heteroatoms. The standard InChI is InChI=1S/C29H34N2O5S/c32-27(31-36-28-17-6-7-18-34-28)16-3-1-2-11-23(29(33)30-20-24-13-9-19-37-24)21-35-26-15-8-12-22-10-4-5-14-25(22)26/h4-5,8-15,19,28H,1-3,6-7,16-18,20-21H2,(H,30,33)(H,31,32)/b23-11+. The van der Waals surface area contributed by atoms with Gasteiger partial charge in [-0.05, 0) is 55.0 Å². The lowest BCUT2D eigenvalue weighted by Gasteiger charge is -2.22. The molecule has 0 aliphatic carbocycles. The molecule has 4 rings (SSSR count). The predicted molar refractivity (Wildman–Crippen MR) is 145 cm³/mol. The van der Waals surface area contributed by atoms with E-state index in [0.717, 1.165) is 47.1 Å². The van der Waals surface area contributed by atoms with E-state index in [1.54, 1.807) is 11.3 Å². The highest BCUT2D eigenvalue weighted by Gasteiger charge is 2.16. The van der Waals surface area contributed by atoms with Gasteiger partial charge in [-0.2, -0.15) is 0 Å². The van der Waals surface area contributed by atoms with Gasteiger partial charge in [-0.1, -0.05) is 48.5 Å². The highest BCUT2D eigenvalue weighted by atomic mass is 32.1. The van der Waals surface area contributed by atoms with Gasteiger partial charge in [0.25, 0.3) is 5.91 Å². The molecule has 1 saturated heterocycles.